The molecule has 4 aromatic rings. The molecule has 1 N–H and O–H groups in total. The Kier molecular flexibility index (Phi) is 7.31. The number of para-hydroxylation sites is 2. The molecule has 5 heteroatoms. The molecule has 0 fully saturated rings. The molecule has 0 atom stereocenters. The Bertz CT molecular complexity index is 1220. The maximum Gasteiger partial charge on any atom is 0.224 e. The molecule has 1 aromatic heterocycles. The highest BCUT2D eigenvalue weighted by atomic mass is 16.5. The fourth-order valence-electron chi connectivity index (χ4n) is 4.03. The highest BCUT2D eigenvalue weighted by Crippen LogP contribution is 2.24. The van der Waals surface area contributed by atoms with E-state index in [9.17, 15) is 4.79 Å². The van der Waals surface area contributed by atoms with E-state index in [4.69, 9.17) is 9.72 Å². The third kappa shape index (κ3) is 6.04. The van der Waals surface area contributed by atoms with E-state index in [1.165, 1.54) is 5.56 Å². The molecule has 0 unspecified atom stereocenters. The van der Waals surface area contributed by atoms with Crippen molar-refractivity contribution >= 4 is 16.9 Å². The first-order valence-electron chi connectivity index (χ1n) is 11.9. The minimum Gasteiger partial charge on any atom is -0.492 e. The number of amides is 1. The number of imidazole rings is 1. The van der Waals surface area contributed by atoms with E-state index >= 15 is 0 Å². The summed E-state index contributed by atoms with van der Waals surface area (Å²) in [4.78, 5) is 17.1. The van der Waals surface area contributed by atoms with Gasteiger partial charge in [0, 0.05) is 13.0 Å². The molecule has 3 aromatic carbocycles. The van der Waals surface area contributed by atoms with Gasteiger partial charge in [-0.05, 0) is 40.8 Å². The summed E-state index contributed by atoms with van der Waals surface area (Å²) in [5.74, 6) is 1.84. The largest absolute Gasteiger partial charge is 0.492 e. The van der Waals surface area contributed by atoms with Crippen molar-refractivity contribution in [3.8, 4) is 5.75 Å². The van der Waals surface area contributed by atoms with Crippen LogP contribution in [0.25, 0.3) is 11.0 Å². The monoisotopic (exact) mass is 455 g/mol. The van der Waals surface area contributed by atoms with Gasteiger partial charge < -0.3 is 14.6 Å². The van der Waals surface area contributed by atoms with Gasteiger partial charge in [-0.1, -0.05) is 75.4 Å². The summed E-state index contributed by atoms with van der Waals surface area (Å²) in [6.07, 6.45) is 1.05. The summed E-state index contributed by atoms with van der Waals surface area (Å²) >= 11 is 0. The third-order valence-corrected chi connectivity index (χ3v) is 5.92. The van der Waals surface area contributed by atoms with Crippen LogP contribution >= 0.6 is 0 Å². The van der Waals surface area contributed by atoms with Crippen LogP contribution in [-0.2, 0) is 29.6 Å². The first-order valence-corrected chi connectivity index (χ1v) is 11.9. The summed E-state index contributed by atoms with van der Waals surface area (Å²) in [7, 11) is 0. The highest BCUT2D eigenvalue weighted by molar-refractivity contribution is 5.78. The molecule has 0 aliphatic carbocycles. The Hall–Kier alpha value is -3.60. The van der Waals surface area contributed by atoms with Gasteiger partial charge in [0.25, 0.3) is 0 Å². The van der Waals surface area contributed by atoms with Gasteiger partial charge in [0.2, 0.25) is 5.91 Å². The van der Waals surface area contributed by atoms with Crippen LogP contribution < -0.4 is 10.1 Å². The zero-order valence-corrected chi connectivity index (χ0v) is 20.3. The van der Waals surface area contributed by atoms with Crippen molar-refractivity contribution in [2.45, 2.75) is 45.6 Å². The van der Waals surface area contributed by atoms with E-state index in [0.717, 1.165) is 28.2 Å². The standard InChI is InChI=1S/C29H33N3O2/c1-29(2,3)23-13-15-24(16-14-23)34-20-19-32-26-12-8-7-11-25(26)31-27(32)17-18-30-28(33)21-22-9-5-4-6-10-22/h4-16H,17-21H2,1-3H3,(H,30,33). The molecule has 0 saturated carbocycles. The molecule has 4 rings (SSSR count). The van der Waals surface area contributed by atoms with Gasteiger partial charge in [-0.15, -0.1) is 0 Å². The van der Waals surface area contributed by atoms with Crippen LogP contribution in [0.1, 0.15) is 37.7 Å². The van der Waals surface area contributed by atoms with Crippen molar-refractivity contribution in [3.05, 3.63) is 95.8 Å². The number of benzene rings is 3. The van der Waals surface area contributed by atoms with Crippen LogP contribution in [0.2, 0.25) is 0 Å². The summed E-state index contributed by atoms with van der Waals surface area (Å²) in [6, 6.07) is 26.3. The molecule has 0 radical (unpaired) electrons. The average molecular weight is 456 g/mol. The zero-order chi connectivity index (χ0) is 24.0. The summed E-state index contributed by atoms with van der Waals surface area (Å²) in [5, 5.41) is 3.03. The molecular weight excluding hydrogens is 422 g/mol. The molecule has 0 aliphatic rings. The molecule has 5 nitrogen and oxygen atoms in total. The summed E-state index contributed by atoms with van der Waals surface area (Å²) in [5.41, 5.74) is 4.47. The van der Waals surface area contributed by atoms with Crippen molar-refractivity contribution in [2.75, 3.05) is 13.2 Å². The lowest BCUT2D eigenvalue weighted by Crippen LogP contribution is -2.28. The minimum atomic E-state index is 0.0240. The molecule has 0 aliphatic heterocycles. The number of hydrogen-bond acceptors (Lipinski definition) is 3. The van der Waals surface area contributed by atoms with Crippen molar-refractivity contribution < 1.29 is 9.53 Å². The lowest BCUT2D eigenvalue weighted by molar-refractivity contribution is -0.120. The molecule has 0 saturated heterocycles. The summed E-state index contributed by atoms with van der Waals surface area (Å²) < 4.78 is 8.24. The van der Waals surface area contributed by atoms with E-state index in [-0.39, 0.29) is 11.3 Å². The van der Waals surface area contributed by atoms with E-state index in [2.05, 4.69) is 48.9 Å². The molecular formula is C29H33N3O2. The number of rotatable bonds is 9. The van der Waals surface area contributed by atoms with Crippen LogP contribution in [0.4, 0.5) is 0 Å². The normalized spacial score (nSPS) is 11.5. The topological polar surface area (TPSA) is 56.1 Å². The highest BCUT2D eigenvalue weighted by Gasteiger charge is 2.14. The first kappa shape index (κ1) is 23.6. The van der Waals surface area contributed by atoms with E-state index in [1.807, 2.05) is 60.7 Å². The van der Waals surface area contributed by atoms with Crippen molar-refractivity contribution in [1.29, 1.82) is 0 Å². The quantitative estimate of drug-likeness (QED) is 0.372. The predicted molar refractivity (Wildman–Crippen MR) is 137 cm³/mol. The molecule has 176 valence electrons. The number of carbonyl (C=O) groups excluding carboxylic acids is 1. The lowest BCUT2D eigenvalue weighted by Gasteiger charge is -2.19. The second-order valence-corrected chi connectivity index (χ2v) is 9.55. The van der Waals surface area contributed by atoms with Gasteiger partial charge >= 0.3 is 0 Å². The Morgan fingerprint density at radius 1 is 0.941 bits per heavy atom. The Morgan fingerprint density at radius 2 is 1.65 bits per heavy atom. The third-order valence-electron chi connectivity index (χ3n) is 5.92. The number of nitrogens with zero attached hydrogens (tertiary/aromatic N) is 2. The number of ether oxygens (including phenoxy) is 1. The van der Waals surface area contributed by atoms with Crippen LogP contribution in [0.15, 0.2) is 78.9 Å². The number of hydrogen-bond donors (Lipinski definition) is 1. The second-order valence-electron chi connectivity index (χ2n) is 9.55. The number of fused-ring (bicyclic) bond motifs is 1. The van der Waals surface area contributed by atoms with Gasteiger partial charge in [0.15, 0.2) is 0 Å². The second kappa shape index (κ2) is 10.6. The van der Waals surface area contributed by atoms with Gasteiger partial charge in [-0.25, -0.2) is 4.98 Å². The van der Waals surface area contributed by atoms with Crippen molar-refractivity contribution in [2.24, 2.45) is 0 Å². The van der Waals surface area contributed by atoms with Crippen molar-refractivity contribution in [1.82, 2.24) is 14.9 Å². The number of nitrogens with one attached hydrogen (secondary N) is 1. The molecule has 1 heterocycles. The SMILES string of the molecule is CC(C)(C)c1ccc(OCCn2c(CCNC(=O)Cc3ccccc3)nc3ccccc32)cc1. The Labute approximate surface area is 201 Å². The van der Waals surface area contributed by atoms with Crippen LogP contribution in [0, 0.1) is 0 Å². The van der Waals surface area contributed by atoms with Gasteiger partial charge in [-0.2, -0.15) is 0 Å². The van der Waals surface area contributed by atoms with Crippen LogP contribution in [0.3, 0.4) is 0 Å². The Balaban J connectivity index is 1.36. The number of aromatic nitrogens is 2. The smallest absolute Gasteiger partial charge is 0.224 e. The van der Waals surface area contributed by atoms with E-state index < -0.39 is 0 Å². The average Bonchev–Trinajstić information content (AvgIpc) is 3.17. The van der Waals surface area contributed by atoms with Gasteiger partial charge in [0.05, 0.1) is 24.0 Å². The molecule has 34 heavy (non-hydrogen) atoms. The van der Waals surface area contributed by atoms with Gasteiger partial charge in [0.1, 0.15) is 18.2 Å². The molecule has 0 bridgehead atoms. The maximum atomic E-state index is 12.3. The predicted octanol–water partition coefficient (Wildman–Crippen LogP) is 5.31. The van der Waals surface area contributed by atoms with E-state index in [0.29, 0.717) is 32.5 Å². The molecule has 0 spiro atoms. The molecule has 1 amide bonds. The fourth-order valence-corrected chi connectivity index (χ4v) is 4.03. The van der Waals surface area contributed by atoms with Crippen LogP contribution in [0.5, 0.6) is 5.75 Å². The van der Waals surface area contributed by atoms with Gasteiger partial charge in [-0.3, -0.25) is 4.79 Å². The lowest BCUT2D eigenvalue weighted by atomic mass is 9.87. The van der Waals surface area contributed by atoms with E-state index in [1.54, 1.807) is 0 Å². The maximum absolute atomic E-state index is 12.3. The van der Waals surface area contributed by atoms with Crippen molar-refractivity contribution in [3.63, 3.8) is 0 Å². The summed E-state index contributed by atoms with van der Waals surface area (Å²) in [6.45, 7) is 8.40. The zero-order valence-electron chi connectivity index (χ0n) is 20.3. The van der Waals surface area contributed by atoms with Crippen LogP contribution in [-0.4, -0.2) is 28.6 Å². The first-order chi connectivity index (χ1) is 16.4. The Morgan fingerprint density at radius 3 is 2.38 bits per heavy atom. The number of carbonyl (C=O) groups is 1. The fraction of sp³-hybridized carbons (Fsp3) is 0.310. The minimum absolute atomic E-state index is 0.0240.